The van der Waals surface area contributed by atoms with Gasteiger partial charge in [0.1, 0.15) is 17.5 Å². The molecule has 3 aromatic carbocycles. The fourth-order valence-corrected chi connectivity index (χ4v) is 4.23. The molecule has 4 aromatic rings. The smallest absolute Gasteiger partial charge is 0.275 e. The largest absolute Gasteiger partial charge is 0.496 e. The van der Waals surface area contributed by atoms with E-state index in [1.807, 2.05) is 48.5 Å². The lowest BCUT2D eigenvalue weighted by atomic mass is 10.0. The summed E-state index contributed by atoms with van der Waals surface area (Å²) in [5.41, 5.74) is 2.28. The molecule has 0 aliphatic heterocycles. The van der Waals surface area contributed by atoms with Crippen LogP contribution in [0.2, 0.25) is 0 Å². The Hall–Kier alpha value is -4.92. The summed E-state index contributed by atoms with van der Waals surface area (Å²) in [6.07, 6.45) is 4.31. The number of rotatable bonds is 11. The Morgan fingerprint density at radius 3 is 2.26 bits per heavy atom. The maximum Gasteiger partial charge on any atom is 0.275 e. The van der Waals surface area contributed by atoms with E-state index in [1.165, 1.54) is 37.7 Å². The first-order valence-corrected chi connectivity index (χ1v) is 12.3. The molecule has 1 heterocycles. The van der Waals surface area contributed by atoms with E-state index >= 15 is 0 Å². The molecule has 0 radical (unpaired) electrons. The van der Waals surface area contributed by atoms with Gasteiger partial charge in [-0.25, -0.2) is 4.98 Å². The quantitative estimate of drug-likeness (QED) is 0.312. The third kappa shape index (κ3) is 6.51. The Bertz CT molecular complexity index is 1400. The third-order valence-electron chi connectivity index (χ3n) is 6.17. The van der Waals surface area contributed by atoms with Crippen molar-refractivity contribution in [3.8, 4) is 17.2 Å². The molecule has 4 rings (SSSR count). The molecule has 9 nitrogen and oxygen atoms in total. The third-order valence-corrected chi connectivity index (χ3v) is 6.17. The van der Waals surface area contributed by atoms with Gasteiger partial charge in [-0.15, -0.1) is 0 Å². The van der Waals surface area contributed by atoms with E-state index in [0.29, 0.717) is 22.8 Å². The van der Waals surface area contributed by atoms with Crippen molar-refractivity contribution in [1.29, 1.82) is 0 Å². The van der Waals surface area contributed by atoms with Crippen molar-refractivity contribution in [2.45, 2.75) is 19.1 Å². The second kappa shape index (κ2) is 13.0. The summed E-state index contributed by atoms with van der Waals surface area (Å²) in [5, 5.41) is 2.99. The average Bonchev–Trinajstić information content (AvgIpc) is 3.00. The minimum Gasteiger partial charge on any atom is -0.496 e. The van der Waals surface area contributed by atoms with E-state index in [4.69, 9.17) is 14.2 Å². The number of amides is 2. The summed E-state index contributed by atoms with van der Waals surface area (Å²) in [4.78, 5) is 37.6. The van der Waals surface area contributed by atoms with Gasteiger partial charge in [-0.05, 0) is 29.3 Å². The van der Waals surface area contributed by atoms with Crippen LogP contribution in [0.4, 0.5) is 0 Å². The molecule has 0 aliphatic carbocycles. The van der Waals surface area contributed by atoms with Gasteiger partial charge < -0.3 is 24.4 Å². The molecule has 0 saturated heterocycles. The summed E-state index contributed by atoms with van der Waals surface area (Å²) in [6, 6.07) is 21.0. The molecule has 39 heavy (non-hydrogen) atoms. The van der Waals surface area contributed by atoms with Crippen LogP contribution in [-0.2, 0) is 17.9 Å². The lowest BCUT2D eigenvalue weighted by Gasteiger charge is -2.32. The van der Waals surface area contributed by atoms with Crippen LogP contribution in [0.5, 0.6) is 17.2 Å². The van der Waals surface area contributed by atoms with Gasteiger partial charge in [-0.2, -0.15) is 0 Å². The summed E-state index contributed by atoms with van der Waals surface area (Å²) in [6.45, 7) is 0.350. The number of aromatic nitrogens is 2. The van der Waals surface area contributed by atoms with Crippen molar-refractivity contribution in [2.75, 3.05) is 21.3 Å². The Labute approximate surface area is 227 Å². The predicted molar refractivity (Wildman–Crippen MR) is 145 cm³/mol. The maximum atomic E-state index is 14.0. The predicted octanol–water partition coefficient (Wildman–Crippen LogP) is 4.20. The van der Waals surface area contributed by atoms with Gasteiger partial charge in [0.15, 0.2) is 11.5 Å². The van der Waals surface area contributed by atoms with Crippen LogP contribution in [0.1, 0.15) is 33.2 Å². The zero-order valence-electron chi connectivity index (χ0n) is 22.0. The number of methoxy groups -OCH3 is 3. The van der Waals surface area contributed by atoms with Gasteiger partial charge >= 0.3 is 0 Å². The van der Waals surface area contributed by atoms with Gasteiger partial charge in [0.2, 0.25) is 5.91 Å². The summed E-state index contributed by atoms with van der Waals surface area (Å²) >= 11 is 0. The SMILES string of the molecule is COc1ccccc1CN(C(=O)c1cnccn1)[C@@H](C(=O)NCc1ccccc1)c1ccc(OC)c(OC)c1. The van der Waals surface area contributed by atoms with Crippen LogP contribution in [-0.4, -0.2) is 48.0 Å². The summed E-state index contributed by atoms with van der Waals surface area (Å²) in [5.74, 6) is 0.674. The molecule has 0 fully saturated rings. The van der Waals surface area contributed by atoms with E-state index in [-0.39, 0.29) is 24.7 Å². The Morgan fingerprint density at radius 1 is 0.846 bits per heavy atom. The molecule has 0 bridgehead atoms. The van der Waals surface area contributed by atoms with Crippen LogP contribution in [0, 0.1) is 0 Å². The normalized spacial score (nSPS) is 11.3. The van der Waals surface area contributed by atoms with Crippen molar-refractivity contribution in [3.05, 3.63) is 114 Å². The standard InChI is InChI=1S/C30H30N4O5/c1-37-25-12-8-7-11-23(25)20-34(30(36)24-19-31-15-16-32-24)28(22-13-14-26(38-2)27(17-22)39-3)29(35)33-18-21-9-5-4-6-10-21/h4-17,19,28H,18,20H2,1-3H3,(H,33,35)/t28-/m1/s1. The zero-order valence-corrected chi connectivity index (χ0v) is 22.0. The highest BCUT2D eigenvalue weighted by molar-refractivity contribution is 5.96. The molecule has 2 amide bonds. The van der Waals surface area contributed by atoms with E-state index in [0.717, 1.165) is 11.1 Å². The highest BCUT2D eigenvalue weighted by Gasteiger charge is 2.34. The molecular formula is C30H30N4O5. The number of nitrogens with zero attached hydrogens (tertiary/aromatic N) is 3. The number of hydrogen-bond acceptors (Lipinski definition) is 7. The Balaban J connectivity index is 1.81. The highest BCUT2D eigenvalue weighted by atomic mass is 16.5. The number of carbonyl (C=O) groups excluding carboxylic acids is 2. The summed E-state index contributed by atoms with van der Waals surface area (Å²) < 4.78 is 16.5. The lowest BCUT2D eigenvalue weighted by molar-refractivity contribution is -0.126. The molecule has 0 aliphatic rings. The van der Waals surface area contributed by atoms with Crippen molar-refractivity contribution < 1.29 is 23.8 Å². The molecule has 1 aromatic heterocycles. The first kappa shape index (κ1) is 27.1. The molecule has 9 heteroatoms. The van der Waals surface area contributed by atoms with E-state index in [1.54, 1.807) is 31.4 Å². The lowest BCUT2D eigenvalue weighted by Crippen LogP contribution is -2.43. The molecule has 1 atom stereocenters. The van der Waals surface area contributed by atoms with Crippen molar-refractivity contribution in [1.82, 2.24) is 20.2 Å². The second-order valence-corrected chi connectivity index (χ2v) is 8.56. The Morgan fingerprint density at radius 2 is 1.56 bits per heavy atom. The van der Waals surface area contributed by atoms with Gasteiger partial charge in [0.25, 0.3) is 5.91 Å². The van der Waals surface area contributed by atoms with Gasteiger partial charge in [-0.1, -0.05) is 54.6 Å². The van der Waals surface area contributed by atoms with Crippen LogP contribution in [0.15, 0.2) is 91.4 Å². The Kier molecular flexibility index (Phi) is 9.07. The van der Waals surface area contributed by atoms with E-state index in [2.05, 4.69) is 15.3 Å². The first-order valence-electron chi connectivity index (χ1n) is 12.3. The maximum absolute atomic E-state index is 14.0. The minimum absolute atomic E-state index is 0.0667. The molecule has 1 N–H and O–H groups in total. The van der Waals surface area contributed by atoms with E-state index < -0.39 is 11.9 Å². The fourth-order valence-electron chi connectivity index (χ4n) is 4.23. The number of nitrogens with one attached hydrogen (secondary N) is 1. The van der Waals surface area contributed by atoms with Crippen LogP contribution >= 0.6 is 0 Å². The zero-order chi connectivity index (χ0) is 27.6. The molecular weight excluding hydrogens is 496 g/mol. The number of ether oxygens (including phenoxy) is 3. The monoisotopic (exact) mass is 526 g/mol. The molecule has 200 valence electrons. The molecule has 0 unspecified atom stereocenters. The van der Waals surface area contributed by atoms with Crippen molar-refractivity contribution >= 4 is 11.8 Å². The minimum atomic E-state index is -1.05. The fraction of sp³-hybridized carbons (Fsp3) is 0.200. The number of benzene rings is 3. The van der Waals surface area contributed by atoms with Crippen LogP contribution < -0.4 is 19.5 Å². The first-order chi connectivity index (χ1) is 19.0. The molecule has 0 spiro atoms. The van der Waals surface area contributed by atoms with Crippen LogP contribution in [0.25, 0.3) is 0 Å². The van der Waals surface area contributed by atoms with Crippen molar-refractivity contribution in [2.24, 2.45) is 0 Å². The van der Waals surface area contributed by atoms with Crippen molar-refractivity contribution in [3.63, 3.8) is 0 Å². The van der Waals surface area contributed by atoms with Crippen LogP contribution in [0.3, 0.4) is 0 Å². The molecule has 0 saturated carbocycles. The van der Waals surface area contributed by atoms with Gasteiger partial charge in [-0.3, -0.25) is 14.6 Å². The average molecular weight is 527 g/mol. The summed E-state index contributed by atoms with van der Waals surface area (Å²) in [7, 11) is 4.61. The highest BCUT2D eigenvalue weighted by Crippen LogP contribution is 2.34. The topological polar surface area (TPSA) is 103 Å². The second-order valence-electron chi connectivity index (χ2n) is 8.56. The van der Waals surface area contributed by atoms with E-state index in [9.17, 15) is 9.59 Å². The van der Waals surface area contributed by atoms with Gasteiger partial charge in [0, 0.05) is 24.5 Å². The number of carbonyl (C=O) groups is 2. The number of para-hydroxylation sites is 1. The number of hydrogen-bond donors (Lipinski definition) is 1. The van der Waals surface area contributed by atoms with Gasteiger partial charge in [0.05, 0.1) is 34.1 Å².